The maximum Gasteiger partial charge on any atom is 0.251 e. The second-order valence-electron chi connectivity index (χ2n) is 5.54. The Morgan fingerprint density at radius 1 is 1.30 bits per heavy atom. The van der Waals surface area contributed by atoms with Crippen LogP contribution in [-0.2, 0) is 4.79 Å². The Morgan fingerprint density at radius 2 is 1.95 bits per heavy atom. The lowest BCUT2D eigenvalue weighted by Gasteiger charge is -2.20. The average molecular weight is 298 g/mol. The van der Waals surface area contributed by atoms with E-state index in [0.29, 0.717) is 16.3 Å². The summed E-state index contributed by atoms with van der Waals surface area (Å²) in [6.45, 7) is 5.98. The van der Waals surface area contributed by atoms with Crippen LogP contribution in [0.1, 0.15) is 37.6 Å². The number of benzene rings is 1. The molecule has 0 aliphatic carbocycles. The van der Waals surface area contributed by atoms with Gasteiger partial charge in [0.15, 0.2) is 0 Å². The fraction of sp³-hybridized carbons (Fsp3) is 0.429. The summed E-state index contributed by atoms with van der Waals surface area (Å²) in [7, 11) is 0. The van der Waals surface area contributed by atoms with E-state index >= 15 is 0 Å². The Kier molecular flexibility index (Phi) is 5.39. The van der Waals surface area contributed by atoms with E-state index < -0.39 is 0 Å². The molecule has 5 nitrogen and oxygen atoms in total. The lowest BCUT2D eigenvalue weighted by atomic mass is 10.1. The van der Waals surface area contributed by atoms with Gasteiger partial charge in [-0.1, -0.05) is 11.6 Å². The number of anilines is 1. The van der Waals surface area contributed by atoms with Crippen LogP contribution in [0, 0.1) is 0 Å². The van der Waals surface area contributed by atoms with Crippen molar-refractivity contribution in [1.82, 2.24) is 10.6 Å². The van der Waals surface area contributed by atoms with Crippen molar-refractivity contribution in [3.05, 3.63) is 28.8 Å². The first-order valence-electron chi connectivity index (χ1n) is 6.33. The largest absolute Gasteiger partial charge is 0.398 e. The first kappa shape index (κ1) is 16.3. The molecule has 0 saturated carbocycles. The lowest BCUT2D eigenvalue weighted by Crippen LogP contribution is -2.41. The van der Waals surface area contributed by atoms with E-state index in [1.807, 2.05) is 20.8 Å². The first-order chi connectivity index (χ1) is 9.19. The predicted octanol–water partition coefficient (Wildman–Crippen LogP) is 1.96. The fourth-order valence-electron chi connectivity index (χ4n) is 1.56. The van der Waals surface area contributed by atoms with Gasteiger partial charge in [-0.05, 0) is 39.0 Å². The summed E-state index contributed by atoms with van der Waals surface area (Å²) in [4.78, 5) is 23.4. The zero-order chi connectivity index (χ0) is 15.3. The minimum Gasteiger partial charge on any atom is -0.398 e. The van der Waals surface area contributed by atoms with E-state index in [0.717, 1.165) is 0 Å². The highest BCUT2D eigenvalue weighted by Crippen LogP contribution is 2.19. The summed E-state index contributed by atoms with van der Waals surface area (Å²) < 4.78 is 0. The van der Waals surface area contributed by atoms with E-state index in [1.165, 1.54) is 6.07 Å². The molecule has 0 saturated heterocycles. The van der Waals surface area contributed by atoms with Crippen LogP contribution < -0.4 is 16.4 Å². The normalized spacial score (nSPS) is 11.0. The Hall–Kier alpha value is -1.75. The molecule has 2 amide bonds. The zero-order valence-corrected chi connectivity index (χ0v) is 12.7. The lowest BCUT2D eigenvalue weighted by molar-refractivity contribution is -0.122. The third-order valence-electron chi connectivity index (χ3n) is 2.41. The fourth-order valence-corrected chi connectivity index (χ4v) is 1.67. The van der Waals surface area contributed by atoms with Crippen LogP contribution in [0.5, 0.6) is 0 Å². The van der Waals surface area contributed by atoms with Crippen molar-refractivity contribution in [2.45, 2.75) is 32.7 Å². The smallest absolute Gasteiger partial charge is 0.251 e. The number of nitrogens with one attached hydrogen (secondary N) is 2. The molecule has 1 aromatic rings. The number of carbonyl (C=O) groups is 2. The molecule has 0 spiro atoms. The predicted molar refractivity (Wildman–Crippen MR) is 80.7 cm³/mol. The van der Waals surface area contributed by atoms with E-state index in [2.05, 4.69) is 10.6 Å². The van der Waals surface area contributed by atoms with Gasteiger partial charge in [-0.2, -0.15) is 0 Å². The van der Waals surface area contributed by atoms with Crippen LogP contribution in [0.2, 0.25) is 5.02 Å². The highest BCUT2D eigenvalue weighted by Gasteiger charge is 2.14. The van der Waals surface area contributed by atoms with E-state index in [1.54, 1.807) is 12.1 Å². The molecule has 0 unspecified atom stereocenters. The minimum absolute atomic E-state index is 0.103. The molecule has 4 N–H and O–H groups in total. The zero-order valence-electron chi connectivity index (χ0n) is 11.9. The Labute approximate surface area is 123 Å². The quantitative estimate of drug-likeness (QED) is 0.743. The molecule has 110 valence electrons. The van der Waals surface area contributed by atoms with Crippen LogP contribution in [0.4, 0.5) is 5.69 Å². The molecule has 0 aromatic heterocycles. The SMILES string of the molecule is CC(C)(C)NC(=O)CCNC(=O)c1ccc(Cl)c(N)c1. The number of nitrogens with two attached hydrogens (primary N) is 1. The summed E-state index contributed by atoms with van der Waals surface area (Å²) in [5.74, 6) is -0.384. The number of rotatable bonds is 4. The van der Waals surface area contributed by atoms with Crippen LogP contribution >= 0.6 is 11.6 Å². The van der Waals surface area contributed by atoms with Gasteiger partial charge in [0, 0.05) is 24.1 Å². The number of halogens is 1. The summed E-state index contributed by atoms with van der Waals surface area (Å²) in [5.41, 5.74) is 6.13. The topological polar surface area (TPSA) is 84.2 Å². The van der Waals surface area contributed by atoms with Crippen molar-refractivity contribution in [3.8, 4) is 0 Å². The Bertz CT molecular complexity index is 510. The first-order valence-corrected chi connectivity index (χ1v) is 6.71. The Balaban J connectivity index is 2.44. The van der Waals surface area contributed by atoms with Gasteiger partial charge in [0.2, 0.25) is 5.91 Å². The highest BCUT2D eigenvalue weighted by atomic mass is 35.5. The molecule has 20 heavy (non-hydrogen) atoms. The van der Waals surface area contributed by atoms with Gasteiger partial charge in [-0.15, -0.1) is 0 Å². The van der Waals surface area contributed by atoms with E-state index in [-0.39, 0.29) is 30.3 Å². The standard InChI is InChI=1S/C14H20ClN3O2/c1-14(2,3)18-12(19)6-7-17-13(20)9-4-5-10(15)11(16)8-9/h4-5,8H,6-7,16H2,1-3H3,(H,17,20)(H,18,19). The molecule has 0 aliphatic rings. The van der Waals surface area contributed by atoms with Crippen molar-refractivity contribution in [2.75, 3.05) is 12.3 Å². The molecule has 1 rings (SSSR count). The van der Waals surface area contributed by atoms with Crippen molar-refractivity contribution in [1.29, 1.82) is 0 Å². The van der Waals surface area contributed by atoms with Gasteiger partial charge in [0.1, 0.15) is 0 Å². The summed E-state index contributed by atoms with van der Waals surface area (Å²) in [6.07, 6.45) is 0.228. The number of carbonyl (C=O) groups excluding carboxylic acids is 2. The van der Waals surface area contributed by atoms with Crippen molar-refractivity contribution in [2.24, 2.45) is 0 Å². The highest BCUT2D eigenvalue weighted by molar-refractivity contribution is 6.33. The second kappa shape index (κ2) is 6.61. The number of amides is 2. The maximum absolute atomic E-state index is 11.8. The molecule has 1 aromatic carbocycles. The second-order valence-corrected chi connectivity index (χ2v) is 5.95. The van der Waals surface area contributed by atoms with Crippen LogP contribution in [0.3, 0.4) is 0 Å². The van der Waals surface area contributed by atoms with Crippen LogP contribution in [0.15, 0.2) is 18.2 Å². The summed E-state index contributed by atoms with van der Waals surface area (Å²) in [6, 6.07) is 4.66. The molecule has 6 heteroatoms. The summed E-state index contributed by atoms with van der Waals surface area (Å²) >= 11 is 5.78. The third-order valence-corrected chi connectivity index (χ3v) is 2.75. The number of nitrogen functional groups attached to an aromatic ring is 1. The van der Waals surface area contributed by atoms with Crippen molar-refractivity contribution < 1.29 is 9.59 Å². The maximum atomic E-state index is 11.8. The number of hydrogen-bond acceptors (Lipinski definition) is 3. The molecule has 0 heterocycles. The van der Waals surface area contributed by atoms with Crippen LogP contribution in [-0.4, -0.2) is 23.9 Å². The molecule has 0 bridgehead atoms. The van der Waals surface area contributed by atoms with E-state index in [9.17, 15) is 9.59 Å². The van der Waals surface area contributed by atoms with Gasteiger partial charge in [-0.3, -0.25) is 9.59 Å². The molecule has 0 fully saturated rings. The van der Waals surface area contributed by atoms with Gasteiger partial charge >= 0.3 is 0 Å². The van der Waals surface area contributed by atoms with Gasteiger partial charge in [0.25, 0.3) is 5.91 Å². The number of hydrogen-bond donors (Lipinski definition) is 3. The van der Waals surface area contributed by atoms with E-state index in [4.69, 9.17) is 17.3 Å². The molecule has 0 aliphatic heterocycles. The third kappa shape index (κ3) is 5.48. The van der Waals surface area contributed by atoms with Crippen molar-refractivity contribution in [3.63, 3.8) is 0 Å². The molecule has 0 atom stereocenters. The average Bonchev–Trinajstić information content (AvgIpc) is 2.30. The van der Waals surface area contributed by atoms with Gasteiger partial charge in [0.05, 0.1) is 10.7 Å². The molecule has 0 radical (unpaired) electrons. The minimum atomic E-state index is -0.281. The van der Waals surface area contributed by atoms with Crippen molar-refractivity contribution >= 4 is 29.1 Å². The summed E-state index contributed by atoms with van der Waals surface area (Å²) in [5, 5.41) is 5.89. The Morgan fingerprint density at radius 3 is 2.50 bits per heavy atom. The molecular weight excluding hydrogens is 278 g/mol. The van der Waals surface area contributed by atoms with Gasteiger partial charge in [-0.25, -0.2) is 0 Å². The monoisotopic (exact) mass is 297 g/mol. The molecular formula is C14H20ClN3O2. The van der Waals surface area contributed by atoms with Gasteiger partial charge < -0.3 is 16.4 Å². The van der Waals surface area contributed by atoms with Crippen LogP contribution in [0.25, 0.3) is 0 Å².